The molecule has 0 aliphatic heterocycles. The molecule has 0 aliphatic carbocycles. The Morgan fingerprint density at radius 3 is 1.45 bits per heavy atom. The van der Waals surface area contributed by atoms with Gasteiger partial charge in [-0.05, 0) is 38.8 Å². The Balaban J connectivity index is 2.60. The molecule has 2 aromatic rings. The molecule has 0 spiro atoms. The van der Waals surface area contributed by atoms with E-state index in [0.717, 1.165) is 33.4 Å². The number of phenols is 2. The minimum atomic E-state index is -0.132. The Bertz CT molecular complexity index is 605. The molecule has 0 saturated carbocycles. The number of aryl methyl sites for hydroxylation is 4. The Morgan fingerprint density at radius 1 is 0.750 bits per heavy atom. The summed E-state index contributed by atoms with van der Waals surface area (Å²) in [7, 11) is 2.73. The smallest absolute Gasteiger partial charge is 0.122 e. The van der Waals surface area contributed by atoms with Crippen molar-refractivity contribution in [2.24, 2.45) is 0 Å². The molecule has 0 aliphatic rings. The van der Waals surface area contributed by atoms with Crippen molar-refractivity contribution in [3.8, 4) is 11.5 Å². The van der Waals surface area contributed by atoms with Gasteiger partial charge in [-0.25, -0.2) is 0 Å². The van der Waals surface area contributed by atoms with Gasteiger partial charge >= 0.3 is 0 Å². The average molecular weight is 288 g/mol. The summed E-state index contributed by atoms with van der Waals surface area (Å²) in [6, 6.07) is 7.85. The van der Waals surface area contributed by atoms with Crippen LogP contribution < -0.4 is 0 Å². The van der Waals surface area contributed by atoms with E-state index >= 15 is 0 Å². The summed E-state index contributed by atoms with van der Waals surface area (Å²) < 4.78 is 0. The van der Waals surface area contributed by atoms with Crippen LogP contribution in [0.15, 0.2) is 24.3 Å². The highest BCUT2D eigenvalue weighted by atomic mass is 31.0. The number of phenolic OH excluding ortho intramolecular Hbond substituents is 2. The normalized spacial score (nSPS) is 11.1. The molecule has 20 heavy (non-hydrogen) atoms. The molecule has 2 N–H and O–H groups in total. The second-order valence-corrected chi connectivity index (χ2v) is 6.18. The summed E-state index contributed by atoms with van der Waals surface area (Å²) in [6.45, 7) is 7.80. The maximum absolute atomic E-state index is 10.3. The van der Waals surface area contributed by atoms with Crippen LogP contribution in [0.1, 0.15) is 39.0 Å². The lowest BCUT2D eigenvalue weighted by Crippen LogP contribution is -1.98. The minimum absolute atomic E-state index is 0.132. The second kappa shape index (κ2) is 5.46. The molecule has 1 atom stereocenters. The average Bonchev–Trinajstić information content (AvgIpc) is 2.37. The molecule has 0 radical (unpaired) electrons. The highest BCUT2D eigenvalue weighted by Gasteiger charge is 2.19. The predicted octanol–water partition coefficient (Wildman–Crippen LogP) is 4.30. The van der Waals surface area contributed by atoms with E-state index in [1.54, 1.807) is 0 Å². The summed E-state index contributed by atoms with van der Waals surface area (Å²) >= 11 is 0. The zero-order chi connectivity index (χ0) is 15.0. The fourth-order valence-electron chi connectivity index (χ4n) is 2.63. The maximum Gasteiger partial charge on any atom is 0.122 e. The lowest BCUT2D eigenvalue weighted by Gasteiger charge is -2.19. The topological polar surface area (TPSA) is 40.5 Å². The SMILES string of the molecule is Cc1cc(C)c(O)c(C(P)c2cc(C)cc(C)c2O)c1. The fourth-order valence-corrected chi connectivity index (χ4v) is 3.14. The summed E-state index contributed by atoms with van der Waals surface area (Å²) in [6.07, 6.45) is 0. The van der Waals surface area contributed by atoms with E-state index in [0.29, 0.717) is 11.5 Å². The van der Waals surface area contributed by atoms with Crippen LogP contribution in [0.3, 0.4) is 0 Å². The summed E-state index contributed by atoms with van der Waals surface area (Å²) in [5.74, 6) is 0.600. The number of benzene rings is 2. The summed E-state index contributed by atoms with van der Waals surface area (Å²) in [5.41, 5.74) is 5.44. The molecule has 106 valence electrons. The third-order valence-electron chi connectivity index (χ3n) is 3.62. The van der Waals surface area contributed by atoms with E-state index in [1.165, 1.54) is 0 Å². The van der Waals surface area contributed by atoms with Crippen LogP contribution in [-0.4, -0.2) is 10.2 Å². The van der Waals surface area contributed by atoms with Gasteiger partial charge in [0.1, 0.15) is 11.5 Å². The third kappa shape index (κ3) is 2.66. The fraction of sp³-hybridized carbons (Fsp3) is 0.294. The van der Waals surface area contributed by atoms with Crippen molar-refractivity contribution in [2.45, 2.75) is 33.4 Å². The lowest BCUT2D eigenvalue weighted by molar-refractivity contribution is 0.457. The Kier molecular flexibility index (Phi) is 4.06. The van der Waals surface area contributed by atoms with Gasteiger partial charge in [-0.15, -0.1) is 9.24 Å². The van der Waals surface area contributed by atoms with Crippen molar-refractivity contribution in [1.29, 1.82) is 0 Å². The first kappa shape index (κ1) is 14.9. The van der Waals surface area contributed by atoms with E-state index in [-0.39, 0.29) is 5.66 Å². The summed E-state index contributed by atoms with van der Waals surface area (Å²) in [5, 5.41) is 20.6. The molecule has 0 aromatic heterocycles. The highest BCUT2D eigenvalue weighted by molar-refractivity contribution is 7.17. The Hall–Kier alpha value is -1.53. The van der Waals surface area contributed by atoms with Crippen molar-refractivity contribution in [2.75, 3.05) is 0 Å². The van der Waals surface area contributed by atoms with Crippen molar-refractivity contribution in [3.05, 3.63) is 57.6 Å². The largest absolute Gasteiger partial charge is 0.507 e. The van der Waals surface area contributed by atoms with Crippen LogP contribution in [0.25, 0.3) is 0 Å². The van der Waals surface area contributed by atoms with Gasteiger partial charge in [0.2, 0.25) is 0 Å². The second-order valence-electron chi connectivity index (χ2n) is 5.52. The molecule has 2 rings (SSSR count). The number of aromatic hydroxyl groups is 2. The maximum atomic E-state index is 10.3. The van der Waals surface area contributed by atoms with Crippen molar-refractivity contribution >= 4 is 9.24 Å². The Labute approximate surface area is 122 Å². The highest BCUT2D eigenvalue weighted by Crippen LogP contribution is 2.42. The van der Waals surface area contributed by atoms with Crippen LogP contribution in [0.2, 0.25) is 0 Å². The van der Waals surface area contributed by atoms with Crippen LogP contribution in [0.5, 0.6) is 11.5 Å². The predicted molar refractivity (Wildman–Crippen MR) is 86.7 cm³/mol. The molecule has 1 unspecified atom stereocenters. The number of rotatable bonds is 2. The number of hydrogen-bond donors (Lipinski definition) is 2. The van der Waals surface area contributed by atoms with Gasteiger partial charge in [-0.1, -0.05) is 35.4 Å². The van der Waals surface area contributed by atoms with Crippen molar-refractivity contribution < 1.29 is 10.2 Å². The monoisotopic (exact) mass is 288 g/mol. The molecular formula is C17H21O2P. The first-order valence-corrected chi connectivity index (χ1v) is 7.33. The van der Waals surface area contributed by atoms with Gasteiger partial charge < -0.3 is 10.2 Å². The van der Waals surface area contributed by atoms with Gasteiger partial charge in [0.15, 0.2) is 0 Å². The quantitative estimate of drug-likeness (QED) is 0.809. The van der Waals surface area contributed by atoms with Crippen LogP contribution in [0.4, 0.5) is 0 Å². The molecule has 0 saturated heterocycles. The van der Waals surface area contributed by atoms with Crippen LogP contribution >= 0.6 is 9.24 Å². The molecule has 2 aromatic carbocycles. The molecule has 3 heteroatoms. The van der Waals surface area contributed by atoms with Gasteiger partial charge in [0.05, 0.1) is 0 Å². The van der Waals surface area contributed by atoms with Gasteiger partial charge in [0, 0.05) is 16.8 Å². The Morgan fingerprint density at radius 2 is 1.10 bits per heavy atom. The zero-order valence-corrected chi connectivity index (χ0v) is 13.5. The van der Waals surface area contributed by atoms with Gasteiger partial charge in [-0.3, -0.25) is 0 Å². The first-order chi connectivity index (χ1) is 9.31. The minimum Gasteiger partial charge on any atom is -0.507 e. The van der Waals surface area contributed by atoms with E-state index in [4.69, 9.17) is 0 Å². The molecule has 0 heterocycles. The number of hydrogen-bond acceptors (Lipinski definition) is 2. The zero-order valence-electron chi connectivity index (χ0n) is 12.4. The third-order valence-corrected chi connectivity index (χ3v) is 4.34. The standard InChI is InChI=1S/C17H21O2P/c1-9-5-11(3)15(18)13(7-9)17(20)14-8-10(2)6-12(4)16(14)19/h5-8,17-19H,20H2,1-4H3. The van der Waals surface area contributed by atoms with E-state index in [2.05, 4.69) is 9.24 Å². The van der Waals surface area contributed by atoms with Gasteiger partial charge in [-0.2, -0.15) is 0 Å². The summed E-state index contributed by atoms with van der Waals surface area (Å²) in [4.78, 5) is 0. The van der Waals surface area contributed by atoms with Crippen molar-refractivity contribution in [3.63, 3.8) is 0 Å². The van der Waals surface area contributed by atoms with Crippen molar-refractivity contribution in [1.82, 2.24) is 0 Å². The molecule has 0 bridgehead atoms. The van der Waals surface area contributed by atoms with Crippen LogP contribution in [-0.2, 0) is 0 Å². The molecule has 0 amide bonds. The van der Waals surface area contributed by atoms with E-state index in [9.17, 15) is 10.2 Å². The molecule has 2 nitrogen and oxygen atoms in total. The van der Waals surface area contributed by atoms with E-state index in [1.807, 2.05) is 52.0 Å². The first-order valence-electron chi connectivity index (χ1n) is 6.67. The lowest BCUT2D eigenvalue weighted by atomic mass is 9.95. The molecule has 0 fully saturated rings. The van der Waals surface area contributed by atoms with Crippen LogP contribution in [0, 0.1) is 27.7 Å². The van der Waals surface area contributed by atoms with E-state index < -0.39 is 0 Å². The molecular weight excluding hydrogens is 267 g/mol. The van der Waals surface area contributed by atoms with Gasteiger partial charge in [0.25, 0.3) is 0 Å².